The molecule has 2 aromatic carbocycles. The second-order valence-corrected chi connectivity index (χ2v) is 7.81. The summed E-state index contributed by atoms with van der Waals surface area (Å²) in [5.41, 5.74) is 1.85. The highest BCUT2D eigenvalue weighted by molar-refractivity contribution is 5.90. The molecule has 2 heterocycles. The fraction of sp³-hybridized carbons (Fsp3) is 0.292. The normalized spacial score (nSPS) is 10.9. The van der Waals surface area contributed by atoms with Gasteiger partial charge >= 0.3 is 0 Å². The first-order valence-electron chi connectivity index (χ1n) is 11.0. The SMILES string of the molecule is Cc1ccc(-c2noc(CCC(=O)NCCCCNc3n[nH]c(=O)c4ccccc34)n2)cc1. The summed E-state index contributed by atoms with van der Waals surface area (Å²) >= 11 is 0. The lowest BCUT2D eigenvalue weighted by atomic mass is 10.1. The van der Waals surface area contributed by atoms with Gasteiger partial charge in [0.1, 0.15) is 0 Å². The van der Waals surface area contributed by atoms with Crippen LogP contribution in [-0.4, -0.2) is 39.3 Å². The van der Waals surface area contributed by atoms with E-state index in [4.69, 9.17) is 4.52 Å². The molecular formula is C24H26N6O3. The Balaban J connectivity index is 1.14. The first-order valence-corrected chi connectivity index (χ1v) is 11.0. The van der Waals surface area contributed by atoms with E-state index in [1.807, 2.05) is 49.4 Å². The Kier molecular flexibility index (Phi) is 7.09. The van der Waals surface area contributed by atoms with Gasteiger partial charge in [-0.15, -0.1) is 0 Å². The minimum absolute atomic E-state index is 0.0497. The number of rotatable bonds is 10. The van der Waals surface area contributed by atoms with Gasteiger partial charge < -0.3 is 15.2 Å². The lowest BCUT2D eigenvalue weighted by molar-refractivity contribution is -0.121. The summed E-state index contributed by atoms with van der Waals surface area (Å²) in [5.74, 6) is 1.58. The molecule has 33 heavy (non-hydrogen) atoms. The molecule has 0 unspecified atom stereocenters. The number of hydrogen-bond donors (Lipinski definition) is 3. The van der Waals surface area contributed by atoms with Crippen LogP contribution in [0.3, 0.4) is 0 Å². The molecule has 2 aromatic heterocycles. The van der Waals surface area contributed by atoms with Gasteiger partial charge in [0.05, 0.1) is 5.39 Å². The van der Waals surface area contributed by atoms with Crippen LogP contribution in [0, 0.1) is 6.92 Å². The van der Waals surface area contributed by atoms with Crippen LogP contribution in [0.5, 0.6) is 0 Å². The van der Waals surface area contributed by atoms with E-state index in [-0.39, 0.29) is 11.5 Å². The zero-order valence-electron chi connectivity index (χ0n) is 18.4. The predicted molar refractivity (Wildman–Crippen MR) is 126 cm³/mol. The van der Waals surface area contributed by atoms with Crippen molar-refractivity contribution in [3.05, 3.63) is 70.3 Å². The molecule has 0 atom stereocenters. The van der Waals surface area contributed by atoms with E-state index in [9.17, 15) is 9.59 Å². The number of aryl methyl sites for hydroxylation is 2. The van der Waals surface area contributed by atoms with E-state index in [0.29, 0.717) is 48.9 Å². The number of fused-ring (bicyclic) bond motifs is 1. The van der Waals surface area contributed by atoms with Crippen molar-refractivity contribution < 1.29 is 9.32 Å². The van der Waals surface area contributed by atoms with Crippen molar-refractivity contribution in [1.29, 1.82) is 0 Å². The zero-order valence-corrected chi connectivity index (χ0v) is 18.4. The number of nitrogens with one attached hydrogen (secondary N) is 3. The molecule has 0 aliphatic rings. The molecule has 0 spiro atoms. The first-order chi connectivity index (χ1) is 16.1. The number of aromatic amines is 1. The van der Waals surface area contributed by atoms with Crippen molar-refractivity contribution in [3.8, 4) is 11.4 Å². The fourth-order valence-corrected chi connectivity index (χ4v) is 3.42. The third-order valence-corrected chi connectivity index (χ3v) is 5.26. The molecule has 3 N–H and O–H groups in total. The monoisotopic (exact) mass is 446 g/mol. The fourth-order valence-electron chi connectivity index (χ4n) is 3.42. The summed E-state index contributed by atoms with van der Waals surface area (Å²) in [5, 5.41) is 18.1. The summed E-state index contributed by atoms with van der Waals surface area (Å²) in [7, 11) is 0. The lowest BCUT2D eigenvalue weighted by Gasteiger charge is -2.08. The Labute approximate surface area is 190 Å². The molecule has 9 nitrogen and oxygen atoms in total. The van der Waals surface area contributed by atoms with E-state index in [2.05, 4.69) is 31.0 Å². The maximum atomic E-state index is 12.1. The molecule has 9 heteroatoms. The lowest BCUT2D eigenvalue weighted by Crippen LogP contribution is -2.25. The van der Waals surface area contributed by atoms with Gasteiger partial charge in [0.15, 0.2) is 5.82 Å². The predicted octanol–water partition coefficient (Wildman–Crippen LogP) is 3.22. The number of hydrogen-bond acceptors (Lipinski definition) is 7. The minimum Gasteiger partial charge on any atom is -0.368 e. The summed E-state index contributed by atoms with van der Waals surface area (Å²) in [4.78, 5) is 28.3. The standard InChI is InChI=1S/C24H26N6O3/c1-16-8-10-17(11-9-16)22-27-21(33-30-22)13-12-20(31)25-14-4-5-15-26-23-18-6-2-3-7-19(18)24(32)29-28-23/h2-3,6-11H,4-5,12-15H2,1H3,(H,25,31)(H,26,28)(H,29,32). The highest BCUT2D eigenvalue weighted by Crippen LogP contribution is 2.17. The zero-order chi connectivity index (χ0) is 23.0. The molecule has 4 rings (SSSR count). The van der Waals surface area contributed by atoms with Gasteiger partial charge in [-0.25, -0.2) is 5.10 Å². The second-order valence-electron chi connectivity index (χ2n) is 7.81. The van der Waals surface area contributed by atoms with Crippen molar-refractivity contribution in [1.82, 2.24) is 25.7 Å². The van der Waals surface area contributed by atoms with E-state index in [1.165, 1.54) is 0 Å². The number of carbonyl (C=O) groups is 1. The number of H-pyrrole nitrogens is 1. The maximum absolute atomic E-state index is 12.1. The summed E-state index contributed by atoms with van der Waals surface area (Å²) < 4.78 is 5.26. The van der Waals surface area contributed by atoms with Crippen LogP contribution < -0.4 is 16.2 Å². The van der Waals surface area contributed by atoms with Crippen LogP contribution >= 0.6 is 0 Å². The quantitative estimate of drug-likeness (QED) is 0.319. The van der Waals surface area contributed by atoms with Crippen LogP contribution in [0.15, 0.2) is 57.8 Å². The van der Waals surface area contributed by atoms with Crippen LogP contribution in [0.1, 0.15) is 30.7 Å². The maximum Gasteiger partial charge on any atom is 0.272 e. The van der Waals surface area contributed by atoms with Gasteiger partial charge in [0.2, 0.25) is 17.6 Å². The summed E-state index contributed by atoms with van der Waals surface area (Å²) in [6, 6.07) is 15.2. The molecule has 4 aromatic rings. The molecule has 0 bridgehead atoms. The Hall–Kier alpha value is -4.01. The molecule has 0 saturated carbocycles. The van der Waals surface area contributed by atoms with Gasteiger partial charge in [0.25, 0.3) is 5.56 Å². The molecule has 0 radical (unpaired) electrons. The third kappa shape index (κ3) is 5.82. The summed E-state index contributed by atoms with van der Waals surface area (Å²) in [6.07, 6.45) is 2.36. The average Bonchev–Trinajstić information content (AvgIpc) is 3.31. The van der Waals surface area contributed by atoms with Crippen LogP contribution in [0.4, 0.5) is 5.82 Å². The van der Waals surface area contributed by atoms with Crippen molar-refractivity contribution >= 4 is 22.5 Å². The summed E-state index contributed by atoms with van der Waals surface area (Å²) in [6.45, 7) is 3.29. The van der Waals surface area contributed by atoms with Gasteiger partial charge in [-0.1, -0.05) is 53.2 Å². The Morgan fingerprint density at radius 3 is 2.61 bits per heavy atom. The van der Waals surface area contributed by atoms with Gasteiger partial charge in [-0.3, -0.25) is 9.59 Å². The van der Waals surface area contributed by atoms with Gasteiger partial charge in [-0.05, 0) is 25.8 Å². The van der Waals surface area contributed by atoms with E-state index in [1.54, 1.807) is 6.07 Å². The number of amides is 1. The van der Waals surface area contributed by atoms with Crippen molar-refractivity contribution in [3.63, 3.8) is 0 Å². The number of benzene rings is 2. The van der Waals surface area contributed by atoms with Gasteiger partial charge in [-0.2, -0.15) is 10.1 Å². The first kappa shape index (κ1) is 22.2. The van der Waals surface area contributed by atoms with E-state index < -0.39 is 0 Å². The molecule has 0 aliphatic heterocycles. The number of carbonyl (C=O) groups excluding carboxylic acids is 1. The highest BCUT2D eigenvalue weighted by Gasteiger charge is 2.10. The van der Waals surface area contributed by atoms with Crippen LogP contribution in [0.2, 0.25) is 0 Å². The number of unbranched alkanes of at least 4 members (excludes halogenated alkanes) is 1. The van der Waals surface area contributed by atoms with Crippen molar-refractivity contribution in [2.45, 2.75) is 32.6 Å². The van der Waals surface area contributed by atoms with E-state index >= 15 is 0 Å². The average molecular weight is 447 g/mol. The number of aromatic nitrogens is 4. The topological polar surface area (TPSA) is 126 Å². The molecule has 0 fully saturated rings. The molecule has 1 amide bonds. The number of nitrogens with zero attached hydrogens (tertiary/aromatic N) is 3. The highest BCUT2D eigenvalue weighted by atomic mass is 16.5. The largest absolute Gasteiger partial charge is 0.368 e. The minimum atomic E-state index is -0.203. The van der Waals surface area contributed by atoms with Crippen molar-refractivity contribution in [2.24, 2.45) is 0 Å². The molecule has 0 aliphatic carbocycles. The Morgan fingerprint density at radius 2 is 1.79 bits per heavy atom. The van der Waals surface area contributed by atoms with Gasteiger partial charge in [0, 0.05) is 36.9 Å². The third-order valence-electron chi connectivity index (χ3n) is 5.26. The van der Waals surface area contributed by atoms with Crippen molar-refractivity contribution in [2.75, 3.05) is 18.4 Å². The molecular weight excluding hydrogens is 420 g/mol. The van der Waals surface area contributed by atoms with E-state index in [0.717, 1.165) is 29.4 Å². The Bertz CT molecular complexity index is 1280. The molecule has 0 saturated heterocycles. The van der Waals surface area contributed by atoms with Crippen LogP contribution in [0.25, 0.3) is 22.2 Å². The van der Waals surface area contributed by atoms with Crippen LogP contribution in [-0.2, 0) is 11.2 Å². The Morgan fingerprint density at radius 1 is 1.03 bits per heavy atom. The number of anilines is 1. The molecule has 170 valence electrons. The second kappa shape index (κ2) is 10.5. The smallest absolute Gasteiger partial charge is 0.272 e.